The van der Waals surface area contributed by atoms with Gasteiger partial charge in [0, 0.05) is 38.4 Å². The highest BCUT2D eigenvalue weighted by Gasteiger charge is 2.23. The Morgan fingerprint density at radius 1 is 1.47 bits per heavy atom. The number of amides is 1. The maximum absolute atomic E-state index is 12.1. The van der Waals surface area contributed by atoms with Gasteiger partial charge in [0.25, 0.3) is 5.91 Å². The zero-order chi connectivity index (χ0) is 12.3. The Morgan fingerprint density at radius 3 is 2.71 bits per heavy atom. The lowest BCUT2D eigenvalue weighted by Crippen LogP contribution is -2.49. The number of aromatic amines is 1. The van der Waals surface area contributed by atoms with Crippen molar-refractivity contribution >= 4 is 5.91 Å². The topological polar surface area (TPSA) is 72.5 Å². The Morgan fingerprint density at radius 2 is 2.18 bits per heavy atom. The fourth-order valence-electron chi connectivity index (χ4n) is 2.05. The molecule has 6 heteroatoms. The van der Waals surface area contributed by atoms with E-state index in [2.05, 4.69) is 15.1 Å². The Kier molecular flexibility index (Phi) is 3.75. The van der Waals surface area contributed by atoms with Crippen molar-refractivity contribution in [3.05, 3.63) is 17.5 Å². The minimum Gasteiger partial charge on any atom is -0.395 e. The molecule has 2 heterocycles. The van der Waals surface area contributed by atoms with Gasteiger partial charge in [0.15, 0.2) is 0 Å². The second kappa shape index (κ2) is 5.29. The van der Waals surface area contributed by atoms with Gasteiger partial charge in [0.2, 0.25) is 0 Å². The van der Waals surface area contributed by atoms with Crippen LogP contribution in [-0.4, -0.2) is 70.3 Å². The van der Waals surface area contributed by atoms with Crippen molar-refractivity contribution < 1.29 is 9.90 Å². The van der Waals surface area contributed by atoms with Gasteiger partial charge in [-0.2, -0.15) is 5.10 Å². The van der Waals surface area contributed by atoms with Crippen LogP contribution in [0.3, 0.4) is 0 Å². The molecule has 2 N–H and O–H groups in total. The number of aryl methyl sites for hydroxylation is 1. The van der Waals surface area contributed by atoms with Crippen molar-refractivity contribution in [3.8, 4) is 0 Å². The van der Waals surface area contributed by atoms with Gasteiger partial charge < -0.3 is 10.0 Å². The highest BCUT2D eigenvalue weighted by molar-refractivity contribution is 5.95. The first-order valence-electron chi connectivity index (χ1n) is 5.85. The van der Waals surface area contributed by atoms with Gasteiger partial charge in [-0.25, -0.2) is 0 Å². The number of aromatic nitrogens is 2. The van der Waals surface area contributed by atoms with Crippen LogP contribution < -0.4 is 0 Å². The molecule has 0 bridgehead atoms. The summed E-state index contributed by atoms with van der Waals surface area (Å²) in [6, 6.07) is 0. The highest BCUT2D eigenvalue weighted by atomic mass is 16.3. The first-order chi connectivity index (χ1) is 8.22. The minimum atomic E-state index is 0.0416. The van der Waals surface area contributed by atoms with Crippen LogP contribution in [0.2, 0.25) is 0 Å². The number of nitrogens with one attached hydrogen (secondary N) is 1. The van der Waals surface area contributed by atoms with Gasteiger partial charge >= 0.3 is 0 Å². The third kappa shape index (κ3) is 2.65. The Bertz CT molecular complexity index is 383. The molecule has 0 aromatic carbocycles. The third-order valence-electron chi connectivity index (χ3n) is 3.14. The molecule has 1 aromatic heterocycles. The van der Waals surface area contributed by atoms with Crippen molar-refractivity contribution in [1.29, 1.82) is 0 Å². The molecule has 0 saturated carbocycles. The summed E-state index contributed by atoms with van der Waals surface area (Å²) in [4.78, 5) is 16.1. The molecule has 2 rings (SSSR count). The first kappa shape index (κ1) is 12.1. The zero-order valence-corrected chi connectivity index (χ0v) is 10.0. The van der Waals surface area contributed by atoms with E-state index in [0.717, 1.165) is 18.8 Å². The van der Waals surface area contributed by atoms with E-state index < -0.39 is 0 Å². The SMILES string of the molecule is Cc1[nH]ncc1C(=O)N1CCN(CCO)CC1. The number of hydrogen-bond donors (Lipinski definition) is 2. The second-order valence-corrected chi connectivity index (χ2v) is 4.27. The minimum absolute atomic E-state index is 0.0416. The van der Waals surface area contributed by atoms with Crippen molar-refractivity contribution in [2.45, 2.75) is 6.92 Å². The summed E-state index contributed by atoms with van der Waals surface area (Å²) in [6.07, 6.45) is 1.58. The molecule has 0 atom stereocenters. The summed E-state index contributed by atoms with van der Waals surface area (Å²) in [5.74, 6) is 0.0416. The molecule has 6 nitrogen and oxygen atoms in total. The van der Waals surface area contributed by atoms with Gasteiger partial charge in [-0.3, -0.25) is 14.8 Å². The maximum atomic E-state index is 12.1. The molecule has 1 aromatic rings. The van der Waals surface area contributed by atoms with Crippen LogP contribution in [0.5, 0.6) is 0 Å². The van der Waals surface area contributed by atoms with E-state index in [1.54, 1.807) is 6.20 Å². The van der Waals surface area contributed by atoms with Crippen LogP contribution in [0, 0.1) is 6.92 Å². The van der Waals surface area contributed by atoms with Gasteiger partial charge in [-0.1, -0.05) is 0 Å². The van der Waals surface area contributed by atoms with Crippen molar-refractivity contribution in [3.63, 3.8) is 0 Å². The van der Waals surface area contributed by atoms with Crippen LogP contribution in [0.15, 0.2) is 6.20 Å². The normalized spacial score (nSPS) is 17.4. The molecule has 94 valence electrons. The molecule has 0 spiro atoms. The van der Waals surface area contributed by atoms with Crippen LogP contribution in [0.1, 0.15) is 16.1 Å². The van der Waals surface area contributed by atoms with E-state index in [1.807, 2.05) is 11.8 Å². The average Bonchev–Trinajstić information content (AvgIpc) is 2.76. The fraction of sp³-hybridized carbons (Fsp3) is 0.636. The molecule has 0 radical (unpaired) electrons. The van der Waals surface area contributed by atoms with Gasteiger partial charge in [-0.15, -0.1) is 0 Å². The van der Waals surface area contributed by atoms with Crippen LogP contribution in [-0.2, 0) is 0 Å². The second-order valence-electron chi connectivity index (χ2n) is 4.27. The quantitative estimate of drug-likeness (QED) is 0.742. The van der Waals surface area contributed by atoms with Crippen molar-refractivity contribution in [2.24, 2.45) is 0 Å². The lowest BCUT2D eigenvalue weighted by atomic mass is 10.2. The van der Waals surface area contributed by atoms with E-state index in [9.17, 15) is 4.79 Å². The number of aliphatic hydroxyl groups is 1. The van der Waals surface area contributed by atoms with E-state index in [4.69, 9.17) is 5.11 Å². The maximum Gasteiger partial charge on any atom is 0.257 e. The predicted molar refractivity (Wildman–Crippen MR) is 62.8 cm³/mol. The number of carbonyl (C=O) groups is 1. The van der Waals surface area contributed by atoms with Gasteiger partial charge in [-0.05, 0) is 6.92 Å². The predicted octanol–water partition coefficient (Wildman–Crippen LogP) is -0.532. The Labute approximate surface area is 100 Å². The molecule has 1 aliphatic rings. The molecular weight excluding hydrogens is 220 g/mol. The highest BCUT2D eigenvalue weighted by Crippen LogP contribution is 2.10. The first-order valence-corrected chi connectivity index (χ1v) is 5.85. The summed E-state index contributed by atoms with van der Waals surface area (Å²) in [7, 11) is 0. The third-order valence-corrected chi connectivity index (χ3v) is 3.14. The number of nitrogens with zero attached hydrogens (tertiary/aromatic N) is 3. The lowest BCUT2D eigenvalue weighted by molar-refractivity contribution is 0.0614. The largest absolute Gasteiger partial charge is 0.395 e. The van der Waals surface area contributed by atoms with Gasteiger partial charge in [0.05, 0.1) is 18.4 Å². The van der Waals surface area contributed by atoms with Crippen LogP contribution >= 0.6 is 0 Å². The summed E-state index contributed by atoms with van der Waals surface area (Å²) in [6.45, 7) is 5.78. The number of H-pyrrole nitrogens is 1. The van der Waals surface area contributed by atoms with Crippen LogP contribution in [0.4, 0.5) is 0 Å². The molecule has 0 unspecified atom stereocenters. The summed E-state index contributed by atoms with van der Waals surface area (Å²) in [5.41, 5.74) is 1.47. The number of β-amino-alcohol motifs (C(OH)–C–C–N with tert-alkyl or cyclic N) is 1. The standard InChI is InChI=1S/C11H18N4O2/c1-9-10(8-12-13-9)11(17)15-4-2-14(3-5-15)6-7-16/h8,16H,2-7H2,1H3,(H,12,13). The molecule has 1 saturated heterocycles. The van der Waals surface area contributed by atoms with E-state index in [0.29, 0.717) is 25.2 Å². The number of piperazine rings is 1. The summed E-state index contributed by atoms with van der Waals surface area (Å²) < 4.78 is 0. The number of rotatable bonds is 3. The summed E-state index contributed by atoms with van der Waals surface area (Å²) in [5, 5.41) is 15.5. The van der Waals surface area contributed by atoms with Crippen molar-refractivity contribution in [1.82, 2.24) is 20.0 Å². The lowest BCUT2D eigenvalue weighted by Gasteiger charge is -2.34. The molecular formula is C11H18N4O2. The Balaban J connectivity index is 1.93. The number of carbonyl (C=O) groups excluding carboxylic acids is 1. The molecule has 1 aliphatic heterocycles. The van der Waals surface area contributed by atoms with Crippen LogP contribution in [0.25, 0.3) is 0 Å². The molecule has 17 heavy (non-hydrogen) atoms. The zero-order valence-electron chi connectivity index (χ0n) is 10.0. The summed E-state index contributed by atoms with van der Waals surface area (Å²) >= 11 is 0. The fourth-order valence-corrected chi connectivity index (χ4v) is 2.05. The van der Waals surface area contributed by atoms with E-state index >= 15 is 0 Å². The van der Waals surface area contributed by atoms with E-state index in [-0.39, 0.29) is 12.5 Å². The molecule has 1 fully saturated rings. The molecule has 1 amide bonds. The smallest absolute Gasteiger partial charge is 0.257 e. The Hall–Kier alpha value is -1.40. The average molecular weight is 238 g/mol. The monoisotopic (exact) mass is 238 g/mol. The number of aliphatic hydroxyl groups excluding tert-OH is 1. The molecule has 0 aliphatic carbocycles. The van der Waals surface area contributed by atoms with E-state index in [1.165, 1.54) is 0 Å². The number of hydrogen-bond acceptors (Lipinski definition) is 4. The van der Waals surface area contributed by atoms with Crippen molar-refractivity contribution in [2.75, 3.05) is 39.3 Å². The van der Waals surface area contributed by atoms with Gasteiger partial charge in [0.1, 0.15) is 0 Å².